The van der Waals surface area contributed by atoms with E-state index in [2.05, 4.69) is 175 Å². The zero-order valence-corrected chi connectivity index (χ0v) is 54.3. The number of thioether (sulfide) groups is 1. The van der Waals surface area contributed by atoms with Crippen molar-refractivity contribution in [1.29, 1.82) is 0 Å². The van der Waals surface area contributed by atoms with E-state index in [1.54, 1.807) is 37.1 Å². The third-order valence-corrected chi connectivity index (χ3v) is 15.0. The van der Waals surface area contributed by atoms with Gasteiger partial charge in [0.2, 0.25) is 5.91 Å². The van der Waals surface area contributed by atoms with Crippen molar-refractivity contribution in [3.05, 3.63) is 166 Å². The van der Waals surface area contributed by atoms with Crippen molar-refractivity contribution in [3.8, 4) is 0 Å². The summed E-state index contributed by atoms with van der Waals surface area (Å²) < 4.78 is 5.73. The van der Waals surface area contributed by atoms with Gasteiger partial charge in [-0.05, 0) is 116 Å². The van der Waals surface area contributed by atoms with Crippen LogP contribution in [0.3, 0.4) is 0 Å². The molecule has 2 aromatic carbocycles. The zero-order valence-electron chi connectivity index (χ0n) is 52.7. The number of likely N-dealkylation sites (tertiary alicyclic amines) is 1. The molecule has 3 atom stereocenters. The minimum Gasteiger partial charge on any atom is -0.387 e. The van der Waals surface area contributed by atoms with Crippen LogP contribution in [0.4, 0.5) is 5.00 Å². The highest BCUT2D eigenvalue weighted by Gasteiger charge is 2.37. The number of benzene rings is 2. The van der Waals surface area contributed by atoms with Gasteiger partial charge in [-0.15, -0.1) is 46.1 Å². The monoisotopic (exact) mass is 1190 g/mol. The molecule has 3 aromatic rings. The van der Waals surface area contributed by atoms with E-state index in [1.807, 2.05) is 57.7 Å². The van der Waals surface area contributed by atoms with Crippen LogP contribution in [0.5, 0.6) is 0 Å². The van der Waals surface area contributed by atoms with Gasteiger partial charge < -0.3 is 36.1 Å². The Morgan fingerprint density at radius 2 is 1.61 bits per heavy atom. The largest absolute Gasteiger partial charge is 0.387 e. The van der Waals surface area contributed by atoms with E-state index in [0.717, 1.165) is 57.9 Å². The van der Waals surface area contributed by atoms with E-state index in [9.17, 15) is 9.59 Å². The smallest absolute Gasteiger partial charge is 0.242 e. The summed E-state index contributed by atoms with van der Waals surface area (Å²) in [6, 6.07) is 16.4. The van der Waals surface area contributed by atoms with Crippen LogP contribution in [0.1, 0.15) is 152 Å². The van der Waals surface area contributed by atoms with Crippen LogP contribution < -0.4 is 27.7 Å². The molecule has 1 aromatic heterocycles. The van der Waals surface area contributed by atoms with E-state index in [0.29, 0.717) is 57.4 Å². The maximum absolute atomic E-state index is 13.1. The standard InChI is InChI=1S/C38H51N5O4S.C13H19NOS.C13H20O.C2H6.CH5N.CH4.3H2/c1-9-27-12-14-29(15-13-27)32-23-30(35(39)41-36-33(32)25(4)26(5)48-36)22-31(11-3)40-17-19-45-20-21-46-47-42-34(38(6,7)8)37(44)43-18-16-28(10-2)24-43;1-10(2)13(16-4)12-7-5-11(6-8-12)9-14-15-3;1-6-12(8-7-11(2)14)9-10-13(3,4)5;2*1-2;;;;/h9-10,12-15,23,28,30,34,40,42H,1-3,16-22,24H2,4-8H3,(H2,39,41);5-8,14H,9H2,1-4H3;9-10H,1,7-8H2,2-5H3;1-2H3;2H2,1H3;1H4;3*1H/b;;10-9-;;;;;;/t28-,30?,34?;;;;;;;;/m1......../s1. The molecule has 3 heterocycles. The number of carbonyl (C=O) groups is 2. The number of carbonyl (C=O) groups excluding carboxylic acids is 2. The number of amides is 1. The van der Waals surface area contributed by atoms with Gasteiger partial charge >= 0.3 is 0 Å². The highest BCUT2D eigenvalue weighted by atomic mass is 32.2. The van der Waals surface area contributed by atoms with Gasteiger partial charge in [0.15, 0.2) is 0 Å². The highest BCUT2D eigenvalue weighted by Crippen LogP contribution is 2.44. The fourth-order valence-corrected chi connectivity index (χ4v) is 10.0. The van der Waals surface area contributed by atoms with E-state index >= 15 is 0 Å². The average molecular weight is 1190 g/mol. The minimum atomic E-state index is -0.549. The number of thiophene rings is 1. The fraction of sp³-hybridized carbons (Fsp3) is 0.485. The fourth-order valence-electron chi connectivity index (χ4n) is 8.19. The molecule has 0 saturated carbocycles. The number of aliphatic imine (C=N–C) groups is 1. The van der Waals surface area contributed by atoms with Crippen LogP contribution in [0.25, 0.3) is 16.6 Å². The number of hydroxylamine groups is 2. The first kappa shape index (κ1) is 77.4. The maximum Gasteiger partial charge on any atom is 0.242 e. The molecule has 7 N–H and O–H groups in total. The number of hydrogen-bond donors (Lipinski definition) is 5. The summed E-state index contributed by atoms with van der Waals surface area (Å²) in [4.78, 5) is 48.6. The average Bonchev–Trinajstić information content (AvgIpc) is 2.06. The molecular weight excluding hydrogens is 1070 g/mol. The maximum atomic E-state index is 13.1. The normalized spacial score (nSPS) is 14.6. The minimum absolute atomic E-state index is 0. The second-order valence-corrected chi connectivity index (χ2v) is 23.7. The van der Waals surface area contributed by atoms with Crippen molar-refractivity contribution in [1.82, 2.24) is 21.2 Å². The lowest BCUT2D eigenvalue weighted by molar-refractivity contribution is -0.347. The van der Waals surface area contributed by atoms with E-state index < -0.39 is 6.04 Å². The SMILES string of the molecule is C.C=C=C(/C=C\C(C)(C)C)CCC(C)=O.C=C=C(CC1C=C(c2ccc(C=C)cc2)c2c(sc(C)c2C)N=C1N)NCCOCCOONC(C(=O)N1CC[C@@H](C=C)C1)C(C)(C)C.CC.CN.CONCc1ccc(C(SC)=C(C)C)cc1.[HH].[HH].[HH]. The molecule has 5 rings (SSSR count). The first-order valence-corrected chi connectivity index (χ1v) is 30.3. The van der Waals surface area contributed by atoms with E-state index in [4.69, 9.17) is 30.2 Å². The van der Waals surface area contributed by atoms with Gasteiger partial charge in [-0.25, -0.2) is 9.88 Å². The number of ether oxygens (including phenoxy) is 1. The third-order valence-electron chi connectivity index (χ3n) is 12.9. The Labute approximate surface area is 514 Å². The van der Waals surface area contributed by atoms with Crippen LogP contribution in [-0.4, -0.2) is 88.3 Å². The van der Waals surface area contributed by atoms with Gasteiger partial charge in [-0.2, -0.15) is 11.0 Å². The summed E-state index contributed by atoms with van der Waals surface area (Å²) in [5.74, 6) is 0.952. The van der Waals surface area contributed by atoms with Crippen molar-refractivity contribution in [3.63, 3.8) is 0 Å². The summed E-state index contributed by atoms with van der Waals surface area (Å²) in [6.07, 6.45) is 15.0. The molecule has 0 bridgehead atoms. The lowest BCUT2D eigenvalue weighted by atomic mass is 9.86. The number of rotatable bonds is 25. The van der Waals surface area contributed by atoms with Gasteiger partial charge in [0, 0.05) is 64.6 Å². The molecular formula is C68H111N7O6S2. The Morgan fingerprint density at radius 3 is 2.13 bits per heavy atom. The molecule has 466 valence electrons. The van der Waals surface area contributed by atoms with E-state index in [-0.39, 0.29) is 46.8 Å². The zero-order chi connectivity index (χ0) is 62.0. The number of fused-ring (bicyclic) bond motifs is 1. The molecule has 1 amide bonds. The lowest BCUT2D eigenvalue weighted by Crippen LogP contribution is -2.52. The second kappa shape index (κ2) is 41.4. The Kier molecular flexibility index (Phi) is 38.6. The topological polar surface area (TPSA) is 175 Å². The number of nitrogens with two attached hydrogens (primary N) is 2. The Balaban J connectivity index is -0.000000728. The number of allylic oxidation sites excluding steroid dienone is 5. The van der Waals surface area contributed by atoms with Crippen molar-refractivity contribution in [2.24, 2.45) is 39.1 Å². The molecule has 1 fully saturated rings. The Morgan fingerprint density at radius 1 is 0.964 bits per heavy atom. The van der Waals surface area contributed by atoms with Gasteiger partial charge in [-0.1, -0.05) is 167 Å². The quantitative estimate of drug-likeness (QED) is 0.0136. The number of aryl methyl sites for hydroxylation is 1. The second-order valence-electron chi connectivity index (χ2n) is 21.7. The summed E-state index contributed by atoms with van der Waals surface area (Å²) in [6.45, 7) is 45.4. The molecule has 2 aliphatic rings. The third kappa shape index (κ3) is 28.2. The number of nitrogens with one attached hydrogen (secondary N) is 3. The predicted octanol–water partition coefficient (Wildman–Crippen LogP) is 15.7. The van der Waals surface area contributed by atoms with Crippen molar-refractivity contribution >= 4 is 62.2 Å². The first-order chi connectivity index (χ1) is 39.0. The molecule has 83 heavy (non-hydrogen) atoms. The van der Waals surface area contributed by atoms with Crippen LogP contribution >= 0.6 is 23.1 Å². The number of amidine groups is 1. The predicted molar refractivity (Wildman–Crippen MR) is 364 cm³/mol. The first-order valence-electron chi connectivity index (χ1n) is 28.3. The lowest BCUT2D eigenvalue weighted by Gasteiger charge is -2.32. The Hall–Kier alpha value is -5.64. The molecule has 2 aliphatic heterocycles. The molecule has 0 spiro atoms. The summed E-state index contributed by atoms with van der Waals surface area (Å²) in [5.41, 5.74) is 33.8. The summed E-state index contributed by atoms with van der Waals surface area (Å²) in [7, 11) is 3.13. The number of ketones is 1. The number of Topliss-reactive ketones (excluding diaryl/α,β-unsaturated/α-hetero) is 1. The molecule has 0 radical (unpaired) electrons. The van der Waals surface area contributed by atoms with Crippen LogP contribution in [0.2, 0.25) is 0 Å². The number of hydrogen-bond acceptors (Lipinski definition) is 14. The van der Waals surface area contributed by atoms with Gasteiger partial charge in [0.25, 0.3) is 0 Å². The van der Waals surface area contributed by atoms with Gasteiger partial charge in [0.1, 0.15) is 29.3 Å². The highest BCUT2D eigenvalue weighted by molar-refractivity contribution is 8.07. The molecule has 0 aliphatic carbocycles. The van der Waals surface area contributed by atoms with Crippen LogP contribution in [-0.2, 0) is 35.6 Å². The Bertz CT molecular complexity index is 2690. The van der Waals surface area contributed by atoms with Crippen molar-refractivity contribution < 1.29 is 33.3 Å². The van der Waals surface area contributed by atoms with Crippen molar-refractivity contribution in [2.75, 3.05) is 59.9 Å². The molecule has 2 unspecified atom stereocenters. The number of nitrogens with zero attached hydrogens (tertiary/aromatic N) is 2. The van der Waals surface area contributed by atoms with Gasteiger partial charge in [-0.3, -0.25) is 4.79 Å². The summed E-state index contributed by atoms with van der Waals surface area (Å²) >= 11 is 3.46. The summed E-state index contributed by atoms with van der Waals surface area (Å²) in [5, 5.41) is 4.31. The van der Waals surface area contributed by atoms with Crippen molar-refractivity contribution in [2.45, 2.75) is 136 Å². The molecule has 15 heteroatoms. The molecule has 13 nitrogen and oxygen atoms in total. The molecule has 1 saturated heterocycles. The van der Waals surface area contributed by atoms with Crippen LogP contribution in [0, 0.1) is 36.5 Å². The van der Waals surface area contributed by atoms with Crippen LogP contribution in [0.15, 0.2) is 132 Å². The van der Waals surface area contributed by atoms with Gasteiger partial charge in [0.05, 0.1) is 26.0 Å². The van der Waals surface area contributed by atoms with E-state index in [1.165, 1.54) is 39.1 Å².